The van der Waals surface area contributed by atoms with Crippen molar-refractivity contribution in [1.82, 2.24) is 5.32 Å². The normalized spacial score (nSPS) is 15.6. The Morgan fingerprint density at radius 2 is 0.821 bits per heavy atom. The third kappa shape index (κ3) is 6.21. The Morgan fingerprint density at radius 3 is 1.10 bits per heavy atom. The van der Waals surface area contributed by atoms with Gasteiger partial charge >= 0.3 is 53.6 Å². The summed E-state index contributed by atoms with van der Waals surface area (Å²) in [5.41, 5.74) is 0. The van der Waals surface area contributed by atoms with E-state index in [1.807, 2.05) is 0 Å². The average molecular weight is 740 g/mol. The summed E-state index contributed by atoms with van der Waals surface area (Å²) in [6.07, 6.45) is -8.33. The van der Waals surface area contributed by atoms with Gasteiger partial charge in [0.1, 0.15) is 0 Å². The lowest BCUT2D eigenvalue weighted by Crippen LogP contribution is -3.00. The fraction of sp³-hybridized carbons (Fsp3) is 0.938. The minimum absolute atomic E-state index is 0. The maximum absolute atomic E-state index is 13.7. The molecule has 0 unspecified atom stereocenters. The summed E-state index contributed by atoms with van der Waals surface area (Å²) < 4.78 is 251. The largest absolute Gasteiger partial charge is 1.00 e. The molecule has 0 saturated carbocycles. The molecule has 0 radical (unpaired) electrons. The van der Waals surface area contributed by atoms with Crippen LogP contribution in [-0.4, -0.2) is 98.2 Å². The summed E-state index contributed by atoms with van der Waals surface area (Å²) in [4.78, 5) is 11.3. The number of rotatable bonds is 12. The van der Waals surface area contributed by atoms with Crippen LogP contribution in [0.5, 0.6) is 0 Å². The lowest BCUT2D eigenvalue weighted by Gasteiger charge is -2.43. The summed E-state index contributed by atoms with van der Waals surface area (Å²) in [6.45, 7) is -1.12. The highest BCUT2D eigenvalue weighted by atomic mass is 127. The first kappa shape index (κ1) is 40.0. The number of carbonyl (C=O) groups is 1. The van der Waals surface area contributed by atoms with E-state index in [4.69, 9.17) is 0 Å². The Hall–Kier alpha value is -1.17. The van der Waals surface area contributed by atoms with Crippen LogP contribution < -0.4 is 29.3 Å². The minimum Gasteiger partial charge on any atom is -1.00 e. The monoisotopic (exact) mass is 740 g/mol. The van der Waals surface area contributed by atoms with Crippen LogP contribution in [-0.2, 0) is 4.79 Å². The Kier molecular flexibility index (Phi) is 11.2. The van der Waals surface area contributed by atoms with Crippen molar-refractivity contribution in [2.75, 3.05) is 34.2 Å². The van der Waals surface area contributed by atoms with Crippen molar-refractivity contribution >= 4 is 5.91 Å². The molecule has 0 aliphatic heterocycles. The third-order valence-electron chi connectivity index (χ3n) is 4.69. The van der Waals surface area contributed by atoms with Crippen molar-refractivity contribution in [3.63, 3.8) is 0 Å². The number of hydrogen-bond acceptors (Lipinski definition) is 1. The molecule has 3 nitrogen and oxygen atoms in total. The molecule has 0 atom stereocenters. The van der Waals surface area contributed by atoms with Crippen molar-refractivity contribution in [2.45, 2.75) is 60.0 Å². The van der Waals surface area contributed by atoms with E-state index in [1.54, 1.807) is 0 Å². The van der Waals surface area contributed by atoms with Crippen LogP contribution >= 0.6 is 0 Å². The molecule has 0 heterocycles. The molecule has 0 saturated heterocycles. The summed E-state index contributed by atoms with van der Waals surface area (Å²) in [5.74, 6) is -71.6. The first-order valence-corrected chi connectivity index (χ1v) is 9.31. The predicted molar refractivity (Wildman–Crippen MR) is 86.2 cm³/mol. The molecule has 0 aliphatic rings. The van der Waals surface area contributed by atoms with Gasteiger partial charge in [0.2, 0.25) is 0 Å². The van der Waals surface area contributed by atoms with E-state index in [9.17, 15) is 88.2 Å². The molecular weight excluding hydrogens is 724 g/mol. The molecular formula is C16H16F19IN2O. The molecule has 0 spiro atoms. The molecule has 0 rings (SSSR count). The topological polar surface area (TPSA) is 29.1 Å². The van der Waals surface area contributed by atoms with Gasteiger partial charge in [-0.3, -0.25) is 4.79 Å². The zero-order valence-corrected chi connectivity index (χ0v) is 21.2. The minimum atomic E-state index is -9.01. The molecule has 0 aromatic carbocycles. The Labute approximate surface area is 222 Å². The Balaban J connectivity index is 0. The summed E-state index contributed by atoms with van der Waals surface area (Å²) in [7, 11) is 4.37. The van der Waals surface area contributed by atoms with Crippen molar-refractivity contribution in [3.05, 3.63) is 0 Å². The van der Waals surface area contributed by atoms with E-state index in [0.717, 1.165) is 5.32 Å². The summed E-state index contributed by atoms with van der Waals surface area (Å²) in [5, 5.41) is 0.818. The smallest absolute Gasteiger partial charge is 0.460 e. The van der Waals surface area contributed by atoms with Crippen LogP contribution in [0.25, 0.3) is 0 Å². The van der Waals surface area contributed by atoms with Crippen LogP contribution in [0.2, 0.25) is 0 Å². The van der Waals surface area contributed by atoms with Gasteiger partial charge in [-0.05, 0) is 0 Å². The van der Waals surface area contributed by atoms with Crippen molar-refractivity contribution in [2.24, 2.45) is 0 Å². The quantitative estimate of drug-likeness (QED) is 0.142. The van der Waals surface area contributed by atoms with Crippen LogP contribution in [0.3, 0.4) is 0 Å². The van der Waals surface area contributed by atoms with Crippen molar-refractivity contribution in [1.29, 1.82) is 0 Å². The Bertz CT molecular complexity index is 863. The molecule has 1 N–H and O–H groups in total. The van der Waals surface area contributed by atoms with E-state index in [2.05, 4.69) is 0 Å². The van der Waals surface area contributed by atoms with Crippen LogP contribution in [0, 0.1) is 0 Å². The second-order valence-corrected chi connectivity index (χ2v) is 8.72. The maximum Gasteiger partial charge on any atom is 0.460 e. The summed E-state index contributed by atoms with van der Waals surface area (Å²) in [6, 6.07) is 0. The van der Waals surface area contributed by atoms with E-state index >= 15 is 0 Å². The average Bonchev–Trinajstić information content (AvgIpc) is 2.68. The molecule has 0 aliphatic carbocycles. The van der Waals surface area contributed by atoms with Gasteiger partial charge in [0.15, 0.2) is 0 Å². The predicted octanol–water partition coefficient (Wildman–Crippen LogP) is 2.85. The van der Waals surface area contributed by atoms with Crippen LogP contribution in [0.15, 0.2) is 0 Å². The molecule has 0 aromatic rings. The number of amides is 1. The number of halogens is 20. The fourth-order valence-corrected chi connectivity index (χ4v) is 2.37. The first-order chi connectivity index (χ1) is 16.1. The first-order valence-electron chi connectivity index (χ1n) is 9.31. The van der Waals surface area contributed by atoms with Gasteiger partial charge in [0.25, 0.3) is 5.91 Å². The lowest BCUT2D eigenvalue weighted by molar-refractivity contribution is -0.870. The molecule has 0 aromatic heterocycles. The molecule has 236 valence electrons. The number of nitrogens with one attached hydrogen (secondary N) is 1. The van der Waals surface area contributed by atoms with Gasteiger partial charge in [-0.25, -0.2) is 0 Å². The van der Waals surface area contributed by atoms with E-state index < -0.39 is 72.4 Å². The highest BCUT2D eigenvalue weighted by molar-refractivity contribution is 5.84. The zero-order chi connectivity index (χ0) is 31.4. The SMILES string of the molecule is C[N+](C)(C)CCCNC(=O)C(F)(F)C(F)(F)C(F)(F)C(F)(F)C(F)(F)C(F)(F)C(F)(F)C(F)(F)C(F)(F)F.[I-]. The van der Waals surface area contributed by atoms with Crippen molar-refractivity contribution < 1.29 is 117 Å². The molecule has 0 fully saturated rings. The number of alkyl halides is 19. The van der Waals surface area contributed by atoms with E-state index in [0.29, 0.717) is 0 Å². The number of nitrogens with zero attached hydrogens (tertiary/aromatic N) is 1. The van der Waals surface area contributed by atoms with Gasteiger partial charge < -0.3 is 33.8 Å². The van der Waals surface area contributed by atoms with Gasteiger partial charge in [0.05, 0.1) is 27.7 Å². The van der Waals surface area contributed by atoms with Gasteiger partial charge in [-0.15, -0.1) is 0 Å². The molecule has 1 amide bonds. The van der Waals surface area contributed by atoms with Gasteiger partial charge in [0, 0.05) is 13.0 Å². The third-order valence-corrected chi connectivity index (χ3v) is 4.69. The van der Waals surface area contributed by atoms with Gasteiger partial charge in [-0.1, -0.05) is 0 Å². The second kappa shape index (κ2) is 10.9. The zero-order valence-electron chi connectivity index (χ0n) is 19.0. The van der Waals surface area contributed by atoms with Crippen LogP contribution in [0.1, 0.15) is 6.42 Å². The summed E-state index contributed by atoms with van der Waals surface area (Å²) >= 11 is 0. The molecule has 23 heteroatoms. The van der Waals surface area contributed by atoms with Crippen LogP contribution in [0.4, 0.5) is 83.4 Å². The second-order valence-electron chi connectivity index (χ2n) is 8.72. The highest BCUT2D eigenvalue weighted by Crippen LogP contribution is 2.65. The van der Waals surface area contributed by atoms with E-state index in [1.165, 1.54) is 21.1 Å². The number of hydrogen-bond donors (Lipinski definition) is 1. The number of carbonyl (C=O) groups excluding carboxylic acids is 1. The molecule has 0 bridgehead atoms. The van der Waals surface area contributed by atoms with Gasteiger partial charge in [-0.2, -0.15) is 83.4 Å². The number of quaternary nitrogens is 1. The lowest BCUT2D eigenvalue weighted by atomic mass is 9.87. The fourth-order valence-electron chi connectivity index (χ4n) is 2.37. The Morgan fingerprint density at radius 1 is 0.538 bits per heavy atom. The highest BCUT2D eigenvalue weighted by Gasteiger charge is 2.97. The molecule has 39 heavy (non-hydrogen) atoms. The maximum atomic E-state index is 13.7. The standard InChI is InChI=1S/C16H15F19N2O.HI/c1-37(2,3)6-4-5-36-7(38)8(17,18)9(19,20)10(21,22)11(23,24)12(25,26)13(27,28)14(29,30)15(31,32)16(33,34)35;/h4-6H2,1-3H3;1H. The van der Waals surface area contributed by atoms with E-state index in [-0.39, 0.29) is 35.0 Å². The van der Waals surface area contributed by atoms with Crippen molar-refractivity contribution in [3.8, 4) is 0 Å².